The molecule has 0 bridgehead atoms. The lowest BCUT2D eigenvalue weighted by Gasteiger charge is -2.30. The number of hydrogen-bond donors (Lipinski definition) is 1. The molecule has 4 rings (SSSR count). The van der Waals surface area contributed by atoms with E-state index in [0.29, 0.717) is 37.5 Å². The average Bonchev–Trinajstić information content (AvgIpc) is 2.84. The molecule has 0 unspecified atom stereocenters. The van der Waals surface area contributed by atoms with Crippen LogP contribution in [0.3, 0.4) is 0 Å². The number of nitrogens with one attached hydrogen (secondary N) is 1. The molecule has 7 nitrogen and oxygen atoms in total. The fraction of sp³-hybridized carbons (Fsp3) is 0.458. The van der Waals surface area contributed by atoms with Gasteiger partial charge in [-0.15, -0.1) is 0 Å². The van der Waals surface area contributed by atoms with Gasteiger partial charge in [0, 0.05) is 50.2 Å². The van der Waals surface area contributed by atoms with Gasteiger partial charge in [0.1, 0.15) is 0 Å². The van der Waals surface area contributed by atoms with Crippen LogP contribution in [0.25, 0.3) is 0 Å². The van der Waals surface area contributed by atoms with Crippen molar-refractivity contribution in [1.29, 1.82) is 0 Å². The number of benzene rings is 2. The predicted octanol–water partition coefficient (Wildman–Crippen LogP) is 2.89. The van der Waals surface area contributed by atoms with E-state index < -0.39 is 10.0 Å². The highest BCUT2D eigenvalue weighted by atomic mass is 35.5. The van der Waals surface area contributed by atoms with Crippen molar-refractivity contribution in [1.82, 2.24) is 14.5 Å². The molecule has 0 saturated carbocycles. The molecule has 2 saturated heterocycles. The fourth-order valence-electron chi connectivity index (χ4n) is 4.23. The Morgan fingerprint density at radius 2 is 1.55 bits per heavy atom. The molecule has 0 spiro atoms. The number of sulfonamides is 1. The van der Waals surface area contributed by atoms with Crippen LogP contribution in [0.1, 0.15) is 24.0 Å². The molecule has 9 heteroatoms. The number of ether oxygens (including phenoxy) is 1. The summed E-state index contributed by atoms with van der Waals surface area (Å²) in [5.41, 5.74) is 2.30. The van der Waals surface area contributed by atoms with Crippen molar-refractivity contribution < 1.29 is 17.9 Å². The number of rotatable bonds is 7. The molecule has 2 aliphatic rings. The number of piperidine rings is 1. The topological polar surface area (TPSA) is 79.0 Å². The van der Waals surface area contributed by atoms with Crippen LogP contribution in [-0.2, 0) is 32.6 Å². The SMILES string of the molecule is O=C(NCc1ccc(CN2CCOCC2)cc1)C1CCN(S(=O)(=O)c2ccc(Cl)cc2)CC1. The molecule has 0 radical (unpaired) electrons. The van der Waals surface area contributed by atoms with E-state index in [2.05, 4.69) is 34.5 Å². The minimum Gasteiger partial charge on any atom is -0.379 e. The summed E-state index contributed by atoms with van der Waals surface area (Å²) in [6.45, 7) is 5.54. The monoisotopic (exact) mass is 491 g/mol. The van der Waals surface area contributed by atoms with E-state index in [4.69, 9.17) is 16.3 Å². The van der Waals surface area contributed by atoms with Gasteiger partial charge in [-0.3, -0.25) is 9.69 Å². The lowest BCUT2D eigenvalue weighted by atomic mass is 9.97. The normalized spacial score (nSPS) is 18.8. The van der Waals surface area contributed by atoms with E-state index in [-0.39, 0.29) is 16.7 Å². The number of carbonyl (C=O) groups is 1. The van der Waals surface area contributed by atoms with Gasteiger partial charge in [0.2, 0.25) is 15.9 Å². The molecule has 33 heavy (non-hydrogen) atoms. The standard InChI is InChI=1S/C24H30ClN3O4S/c25-22-5-7-23(8-6-22)33(30,31)28-11-9-21(10-12-28)24(29)26-17-19-1-3-20(4-2-19)18-27-13-15-32-16-14-27/h1-8,21H,9-18H2,(H,26,29). The van der Waals surface area contributed by atoms with Crippen molar-refractivity contribution in [3.05, 3.63) is 64.7 Å². The van der Waals surface area contributed by atoms with Gasteiger partial charge in [-0.25, -0.2) is 8.42 Å². The molecule has 0 aromatic heterocycles. The summed E-state index contributed by atoms with van der Waals surface area (Å²) in [4.78, 5) is 15.3. The van der Waals surface area contributed by atoms with Crippen molar-refractivity contribution in [2.24, 2.45) is 5.92 Å². The van der Waals surface area contributed by atoms with Crippen LogP contribution in [0.4, 0.5) is 0 Å². The lowest BCUT2D eigenvalue weighted by Crippen LogP contribution is -2.42. The molecule has 2 aliphatic heterocycles. The van der Waals surface area contributed by atoms with Gasteiger partial charge in [0.25, 0.3) is 0 Å². The van der Waals surface area contributed by atoms with E-state index in [1.807, 2.05) is 0 Å². The molecule has 2 aromatic carbocycles. The summed E-state index contributed by atoms with van der Waals surface area (Å²) in [7, 11) is -3.57. The first-order valence-corrected chi connectivity index (χ1v) is 13.1. The van der Waals surface area contributed by atoms with Gasteiger partial charge in [-0.1, -0.05) is 35.9 Å². The summed E-state index contributed by atoms with van der Waals surface area (Å²) >= 11 is 5.86. The molecule has 1 amide bonds. The maximum absolute atomic E-state index is 12.8. The average molecular weight is 492 g/mol. The van der Waals surface area contributed by atoms with Crippen LogP contribution < -0.4 is 5.32 Å². The number of nitrogens with zero attached hydrogens (tertiary/aromatic N) is 2. The Kier molecular flexibility index (Phi) is 8.03. The van der Waals surface area contributed by atoms with Crippen LogP contribution in [0, 0.1) is 5.92 Å². The number of carbonyl (C=O) groups excluding carboxylic acids is 1. The van der Waals surface area contributed by atoms with E-state index in [0.717, 1.165) is 38.4 Å². The Morgan fingerprint density at radius 3 is 2.18 bits per heavy atom. The second-order valence-corrected chi connectivity index (χ2v) is 10.9. The quantitative estimate of drug-likeness (QED) is 0.644. The van der Waals surface area contributed by atoms with Gasteiger partial charge in [0.05, 0.1) is 18.1 Å². The Balaban J connectivity index is 1.23. The summed E-state index contributed by atoms with van der Waals surface area (Å²) in [5.74, 6) is -0.196. The largest absolute Gasteiger partial charge is 0.379 e. The fourth-order valence-corrected chi connectivity index (χ4v) is 5.82. The van der Waals surface area contributed by atoms with E-state index >= 15 is 0 Å². The Hall–Kier alpha value is -1.97. The molecule has 0 aliphatic carbocycles. The van der Waals surface area contributed by atoms with Crippen LogP contribution in [0.2, 0.25) is 5.02 Å². The molecule has 0 atom stereocenters. The van der Waals surface area contributed by atoms with Gasteiger partial charge in [0.15, 0.2) is 0 Å². The zero-order valence-electron chi connectivity index (χ0n) is 18.6. The summed E-state index contributed by atoms with van der Waals surface area (Å²) in [6.07, 6.45) is 1.02. The minimum absolute atomic E-state index is 0.0177. The van der Waals surface area contributed by atoms with E-state index in [9.17, 15) is 13.2 Å². The van der Waals surface area contributed by atoms with Crippen molar-refractivity contribution in [2.45, 2.75) is 30.8 Å². The summed E-state index contributed by atoms with van der Waals surface area (Å²) in [6, 6.07) is 14.5. The highest BCUT2D eigenvalue weighted by Gasteiger charge is 2.32. The predicted molar refractivity (Wildman–Crippen MR) is 127 cm³/mol. The van der Waals surface area contributed by atoms with Crippen molar-refractivity contribution >= 4 is 27.5 Å². The van der Waals surface area contributed by atoms with Gasteiger partial charge >= 0.3 is 0 Å². The third-order valence-corrected chi connectivity index (χ3v) is 8.44. The first kappa shape index (κ1) is 24.2. The highest BCUT2D eigenvalue weighted by Crippen LogP contribution is 2.25. The van der Waals surface area contributed by atoms with Crippen molar-refractivity contribution in [3.8, 4) is 0 Å². The van der Waals surface area contributed by atoms with Crippen molar-refractivity contribution in [3.63, 3.8) is 0 Å². The Labute approximate surface area is 200 Å². The smallest absolute Gasteiger partial charge is 0.243 e. The molecule has 178 valence electrons. The number of morpholine rings is 1. The maximum Gasteiger partial charge on any atom is 0.243 e. The van der Waals surface area contributed by atoms with Gasteiger partial charge in [-0.05, 0) is 48.2 Å². The Bertz CT molecular complexity index is 1030. The molecular weight excluding hydrogens is 462 g/mol. The summed E-state index contributed by atoms with van der Waals surface area (Å²) < 4.78 is 32.5. The number of hydrogen-bond acceptors (Lipinski definition) is 5. The highest BCUT2D eigenvalue weighted by molar-refractivity contribution is 7.89. The molecule has 2 fully saturated rings. The molecular formula is C24H30ClN3O4S. The van der Waals surface area contributed by atoms with Gasteiger partial charge in [-0.2, -0.15) is 4.31 Å². The number of halogens is 1. The zero-order chi connectivity index (χ0) is 23.3. The van der Waals surface area contributed by atoms with Gasteiger partial charge < -0.3 is 10.1 Å². The maximum atomic E-state index is 12.8. The second kappa shape index (κ2) is 11.0. The molecule has 1 N–H and O–H groups in total. The van der Waals surface area contributed by atoms with Crippen molar-refractivity contribution in [2.75, 3.05) is 39.4 Å². The Morgan fingerprint density at radius 1 is 0.939 bits per heavy atom. The molecule has 2 aromatic rings. The van der Waals surface area contributed by atoms with E-state index in [1.165, 1.54) is 22.0 Å². The van der Waals surface area contributed by atoms with Crippen LogP contribution >= 0.6 is 11.6 Å². The van der Waals surface area contributed by atoms with E-state index in [1.54, 1.807) is 12.1 Å². The van der Waals surface area contributed by atoms with Crippen LogP contribution in [-0.4, -0.2) is 62.9 Å². The zero-order valence-corrected chi connectivity index (χ0v) is 20.2. The third-order valence-electron chi connectivity index (χ3n) is 6.28. The first-order valence-electron chi connectivity index (χ1n) is 11.3. The lowest BCUT2D eigenvalue weighted by molar-refractivity contribution is -0.126. The minimum atomic E-state index is -3.57. The summed E-state index contributed by atoms with van der Waals surface area (Å²) in [5, 5.41) is 3.51. The second-order valence-electron chi connectivity index (χ2n) is 8.56. The van der Waals surface area contributed by atoms with Crippen LogP contribution in [0.5, 0.6) is 0 Å². The van der Waals surface area contributed by atoms with Crippen LogP contribution in [0.15, 0.2) is 53.4 Å². The first-order chi connectivity index (χ1) is 15.9. The molecule has 2 heterocycles. The third kappa shape index (κ3) is 6.33. The number of amides is 1.